The van der Waals surface area contributed by atoms with Gasteiger partial charge in [-0.3, -0.25) is 14.4 Å². The zero-order valence-corrected chi connectivity index (χ0v) is 21.9. The number of halogens is 1. The standard InChI is InChI=1S/C29H36FN3O4/c1-18(2)21-10-12-23(13-11-21)26(22-8-6-5-7-9-22)31-28(35)25-16-24(30)17-33(25)29(36)27-19(3)37-15-14-32(27)20(4)34/h5-13,18-19,24-27H,14-17H2,1-4H3,(H,31,35). The number of rotatable bonds is 6. The number of benzene rings is 2. The van der Waals surface area contributed by atoms with Crippen LogP contribution in [-0.4, -0.2) is 71.6 Å². The van der Waals surface area contributed by atoms with Gasteiger partial charge in [0.2, 0.25) is 17.7 Å². The highest BCUT2D eigenvalue weighted by molar-refractivity contribution is 5.93. The number of ether oxygens (including phenoxy) is 1. The summed E-state index contributed by atoms with van der Waals surface area (Å²) >= 11 is 0. The van der Waals surface area contributed by atoms with E-state index in [0.717, 1.165) is 11.1 Å². The smallest absolute Gasteiger partial charge is 0.248 e. The summed E-state index contributed by atoms with van der Waals surface area (Å²) in [6.07, 6.45) is -1.97. The number of carbonyl (C=O) groups is 3. The van der Waals surface area contributed by atoms with Gasteiger partial charge >= 0.3 is 0 Å². The number of alkyl halides is 1. The maximum absolute atomic E-state index is 14.7. The monoisotopic (exact) mass is 509 g/mol. The predicted octanol–water partition coefficient (Wildman–Crippen LogP) is 3.59. The van der Waals surface area contributed by atoms with Gasteiger partial charge in [-0.05, 0) is 29.5 Å². The first-order chi connectivity index (χ1) is 17.7. The SMILES string of the molecule is CC(=O)N1CCOC(C)C1C(=O)N1CC(F)CC1C(=O)NC(c1ccccc1)c1ccc(C(C)C)cc1. The normalized spacial score (nSPS) is 24.7. The lowest BCUT2D eigenvalue weighted by Gasteiger charge is -2.40. The Kier molecular flexibility index (Phi) is 8.27. The Morgan fingerprint density at radius 2 is 1.59 bits per heavy atom. The largest absolute Gasteiger partial charge is 0.374 e. The average Bonchev–Trinajstić information content (AvgIpc) is 3.29. The van der Waals surface area contributed by atoms with Crippen LogP contribution in [0.15, 0.2) is 54.6 Å². The molecule has 5 atom stereocenters. The van der Waals surface area contributed by atoms with Gasteiger partial charge in [0.15, 0.2) is 0 Å². The minimum atomic E-state index is -1.33. The second kappa shape index (κ2) is 11.4. The Balaban J connectivity index is 1.59. The fourth-order valence-electron chi connectivity index (χ4n) is 5.27. The molecular weight excluding hydrogens is 473 g/mol. The Bertz CT molecular complexity index is 1110. The zero-order valence-electron chi connectivity index (χ0n) is 21.9. The molecule has 2 aromatic rings. The molecule has 2 saturated heterocycles. The second-order valence-corrected chi connectivity index (χ2v) is 10.2. The van der Waals surface area contributed by atoms with Gasteiger partial charge in [0.05, 0.1) is 25.3 Å². The topological polar surface area (TPSA) is 79.0 Å². The number of morpholine rings is 1. The zero-order chi connectivity index (χ0) is 26.7. The van der Waals surface area contributed by atoms with Gasteiger partial charge in [0.25, 0.3) is 0 Å². The van der Waals surface area contributed by atoms with Crippen molar-refractivity contribution in [1.29, 1.82) is 0 Å². The van der Waals surface area contributed by atoms with Gasteiger partial charge in [0, 0.05) is 19.9 Å². The first kappa shape index (κ1) is 26.8. The molecule has 0 bridgehead atoms. The maximum Gasteiger partial charge on any atom is 0.248 e. The lowest BCUT2D eigenvalue weighted by molar-refractivity contribution is -0.161. The van der Waals surface area contributed by atoms with E-state index in [4.69, 9.17) is 4.74 Å². The molecule has 2 aliphatic heterocycles. The molecule has 4 rings (SSSR count). The fourth-order valence-corrected chi connectivity index (χ4v) is 5.27. The molecule has 1 N–H and O–H groups in total. The number of amides is 3. The molecule has 2 aliphatic rings. The molecule has 2 fully saturated rings. The first-order valence-electron chi connectivity index (χ1n) is 13.0. The van der Waals surface area contributed by atoms with Crippen LogP contribution in [-0.2, 0) is 19.1 Å². The average molecular weight is 510 g/mol. The number of hydrogen-bond donors (Lipinski definition) is 1. The number of carbonyl (C=O) groups excluding carboxylic acids is 3. The molecule has 0 aliphatic carbocycles. The van der Waals surface area contributed by atoms with Gasteiger partial charge < -0.3 is 19.9 Å². The molecule has 0 radical (unpaired) electrons. The predicted molar refractivity (Wildman–Crippen MR) is 139 cm³/mol. The van der Waals surface area contributed by atoms with Crippen molar-refractivity contribution in [2.75, 3.05) is 19.7 Å². The van der Waals surface area contributed by atoms with Crippen LogP contribution in [0.4, 0.5) is 4.39 Å². The van der Waals surface area contributed by atoms with E-state index in [-0.39, 0.29) is 25.4 Å². The fraction of sp³-hybridized carbons (Fsp3) is 0.483. The number of nitrogens with zero attached hydrogens (tertiary/aromatic N) is 2. The van der Waals surface area contributed by atoms with Crippen molar-refractivity contribution >= 4 is 17.7 Å². The van der Waals surface area contributed by atoms with E-state index in [0.29, 0.717) is 12.5 Å². The summed E-state index contributed by atoms with van der Waals surface area (Å²) in [4.78, 5) is 42.2. The Labute approximate surface area is 218 Å². The Hall–Kier alpha value is -3.26. The molecule has 0 aromatic heterocycles. The maximum atomic E-state index is 14.7. The van der Waals surface area contributed by atoms with E-state index in [1.807, 2.05) is 54.6 Å². The summed E-state index contributed by atoms with van der Waals surface area (Å²) in [7, 11) is 0. The summed E-state index contributed by atoms with van der Waals surface area (Å²) in [5, 5.41) is 3.08. The molecule has 5 unspecified atom stereocenters. The van der Waals surface area contributed by atoms with Gasteiger partial charge in [-0.25, -0.2) is 4.39 Å². The summed E-state index contributed by atoms with van der Waals surface area (Å²) in [5.41, 5.74) is 2.97. The minimum absolute atomic E-state index is 0.0899. The molecule has 8 heteroatoms. The van der Waals surface area contributed by atoms with Crippen molar-refractivity contribution in [3.05, 3.63) is 71.3 Å². The number of likely N-dealkylation sites (tertiary alicyclic amines) is 1. The van der Waals surface area contributed by atoms with Crippen LogP contribution in [0.5, 0.6) is 0 Å². The van der Waals surface area contributed by atoms with Crippen LogP contribution in [0.1, 0.15) is 62.8 Å². The van der Waals surface area contributed by atoms with Gasteiger partial charge in [-0.15, -0.1) is 0 Å². The van der Waals surface area contributed by atoms with Crippen LogP contribution in [0.25, 0.3) is 0 Å². The van der Waals surface area contributed by atoms with Crippen LogP contribution >= 0.6 is 0 Å². The van der Waals surface area contributed by atoms with Crippen molar-refractivity contribution in [1.82, 2.24) is 15.1 Å². The van der Waals surface area contributed by atoms with Crippen LogP contribution in [0.3, 0.4) is 0 Å². The van der Waals surface area contributed by atoms with Crippen molar-refractivity contribution < 1.29 is 23.5 Å². The summed E-state index contributed by atoms with van der Waals surface area (Å²) in [6, 6.07) is 15.3. The van der Waals surface area contributed by atoms with Crippen LogP contribution < -0.4 is 5.32 Å². The van der Waals surface area contributed by atoms with Crippen molar-refractivity contribution in [2.45, 2.75) is 70.4 Å². The molecular formula is C29H36FN3O4. The highest BCUT2D eigenvalue weighted by atomic mass is 19.1. The third kappa shape index (κ3) is 5.85. The van der Waals surface area contributed by atoms with E-state index in [1.165, 1.54) is 22.3 Å². The van der Waals surface area contributed by atoms with Gasteiger partial charge in [-0.1, -0.05) is 68.4 Å². The molecule has 7 nitrogen and oxygen atoms in total. The number of nitrogens with one attached hydrogen (secondary N) is 1. The molecule has 3 amide bonds. The minimum Gasteiger partial charge on any atom is -0.374 e. The van der Waals surface area contributed by atoms with Crippen LogP contribution in [0, 0.1) is 0 Å². The third-order valence-corrected chi connectivity index (χ3v) is 7.34. The summed E-state index contributed by atoms with van der Waals surface area (Å²) in [5.74, 6) is -0.757. The lowest BCUT2D eigenvalue weighted by atomic mass is 9.95. The van der Waals surface area contributed by atoms with Gasteiger partial charge in [0.1, 0.15) is 18.3 Å². The highest BCUT2D eigenvalue weighted by Gasteiger charge is 2.46. The van der Waals surface area contributed by atoms with E-state index in [1.54, 1.807) is 6.92 Å². The third-order valence-electron chi connectivity index (χ3n) is 7.34. The molecule has 37 heavy (non-hydrogen) atoms. The molecule has 0 saturated carbocycles. The van der Waals surface area contributed by atoms with E-state index < -0.39 is 42.2 Å². The quantitative estimate of drug-likeness (QED) is 0.646. The number of hydrogen-bond acceptors (Lipinski definition) is 4. The van der Waals surface area contributed by atoms with Crippen molar-refractivity contribution in [2.24, 2.45) is 0 Å². The van der Waals surface area contributed by atoms with E-state index in [9.17, 15) is 18.8 Å². The molecule has 198 valence electrons. The Morgan fingerprint density at radius 1 is 0.973 bits per heavy atom. The van der Waals surface area contributed by atoms with Crippen molar-refractivity contribution in [3.63, 3.8) is 0 Å². The van der Waals surface area contributed by atoms with E-state index in [2.05, 4.69) is 19.2 Å². The molecule has 0 spiro atoms. The Morgan fingerprint density at radius 3 is 2.22 bits per heavy atom. The molecule has 2 heterocycles. The molecule has 2 aromatic carbocycles. The van der Waals surface area contributed by atoms with E-state index >= 15 is 0 Å². The second-order valence-electron chi connectivity index (χ2n) is 10.2. The first-order valence-corrected chi connectivity index (χ1v) is 13.0. The van der Waals surface area contributed by atoms with Crippen molar-refractivity contribution in [3.8, 4) is 0 Å². The summed E-state index contributed by atoms with van der Waals surface area (Å²) in [6.45, 7) is 7.79. The van der Waals surface area contributed by atoms with Gasteiger partial charge in [-0.2, -0.15) is 0 Å². The highest BCUT2D eigenvalue weighted by Crippen LogP contribution is 2.28. The summed E-state index contributed by atoms with van der Waals surface area (Å²) < 4.78 is 20.3. The van der Waals surface area contributed by atoms with Crippen LogP contribution in [0.2, 0.25) is 0 Å². The lowest BCUT2D eigenvalue weighted by Crippen LogP contribution is -2.61.